The Labute approximate surface area is 129 Å². The number of hydrogen-bond donors (Lipinski definition) is 2. The summed E-state index contributed by atoms with van der Waals surface area (Å²) >= 11 is 5.50. The van der Waals surface area contributed by atoms with Gasteiger partial charge in [-0.3, -0.25) is 4.72 Å². The average molecular weight is 348 g/mol. The molecule has 2 aromatic rings. The van der Waals surface area contributed by atoms with Crippen LogP contribution in [0.4, 0.5) is 14.5 Å². The molecule has 9 heteroatoms. The van der Waals surface area contributed by atoms with E-state index >= 15 is 0 Å². The Morgan fingerprint density at radius 2 is 1.86 bits per heavy atom. The number of nitrogens with one attached hydrogen (secondary N) is 1. The topological polar surface area (TPSA) is 83.5 Å². The lowest BCUT2D eigenvalue weighted by atomic mass is 10.2. The first-order valence-corrected chi connectivity index (χ1v) is 7.58. The first-order chi connectivity index (χ1) is 10.2. The van der Waals surface area contributed by atoms with Gasteiger partial charge in [0.2, 0.25) is 0 Å². The lowest BCUT2D eigenvalue weighted by Gasteiger charge is -2.10. The fourth-order valence-electron chi connectivity index (χ4n) is 1.62. The maximum Gasteiger partial charge on any atom is 0.335 e. The molecule has 0 spiro atoms. The van der Waals surface area contributed by atoms with Gasteiger partial charge in [0.1, 0.15) is 10.7 Å². The molecule has 0 radical (unpaired) electrons. The molecule has 0 heterocycles. The Kier molecular flexibility index (Phi) is 4.34. The van der Waals surface area contributed by atoms with Gasteiger partial charge in [0.05, 0.1) is 16.3 Å². The molecule has 0 amide bonds. The van der Waals surface area contributed by atoms with Gasteiger partial charge in [-0.05, 0) is 30.3 Å². The molecule has 0 aliphatic heterocycles. The van der Waals surface area contributed by atoms with Crippen LogP contribution in [0, 0.1) is 11.6 Å². The molecule has 5 nitrogen and oxygen atoms in total. The second-order valence-electron chi connectivity index (χ2n) is 4.16. The van der Waals surface area contributed by atoms with Gasteiger partial charge in [0.15, 0.2) is 5.82 Å². The number of carboxylic acid groups (broad SMARTS) is 1. The van der Waals surface area contributed by atoms with Gasteiger partial charge in [-0.25, -0.2) is 22.0 Å². The molecule has 2 rings (SSSR count). The minimum absolute atomic E-state index is 0.352. The van der Waals surface area contributed by atoms with Crippen LogP contribution in [-0.4, -0.2) is 19.5 Å². The number of carbonyl (C=O) groups is 1. The van der Waals surface area contributed by atoms with Crippen LogP contribution in [0.5, 0.6) is 0 Å². The lowest BCUT2D eigenvalue weighted by Crippen LogP contribution is -2.16. The van der Waals surface area contributed by atoms with Crippen molar-refractivity contribution >= 4 is 33.3 Å². The van der Waals surface area contributed by atoms with Crippen molar-refractivity contribution in [2.24, 2.45) is 0 Å². The van der Waals surface area contributed by atoms with E-state index in [2.05, 4.69) is 0 Å². The summed E-state index contributed by atoms with van der Waals surface area (Å²) in [6.45, 7) is 0. The number of aromatic carboxylic acids is 1. The van der Waals surface area contributed by atoms with Gasteiger partial charge in [-0.1, -0.05) is 17.7 Å². The minimum Gasteiger partial charge on any atom is -0.478 e. The normalized spacial score (nSPS) is 11.2. The highest BCUT2D eigenvalue weighted by Crippen LogP contribution is 2.25. The van der Waals surface area contributed by atoms with E-state index in [1.165, 1.54) is 6.07 Å². The standard InChI is InChI=1S/C13H8ClF2NO4S/c14-8-2-1-3-11(12(8)16)22(20,21)17-10-5-4-7(13(18)19)6-9(10)15/h1-6,17H,(H,18,19). The van der Waals surface area contributed by atoms with Crippen molar-refractivity contribution in [3.8, 4) is 0 Å². The van der Waals surface area contributed by atoms with Crippen LogP contribution in [0.15, 0.2) is 41.3 Å². The highest BCUT2D eigenvalue weighted by molar-refractivity contribution is 7.92. The van der Waals surface area contributed by atoms with E-state index in [1.54, 1.807) is 0 Å². The van der Waals surface area contributed by atoms with Gasteiger partial charge >= 0.3 is 5.97 Å². The third kappa shape index (κ3) is 3.18. The highest BCUT2D eigenvalue weighted by atomic mass is 35.5. The summed E-state index contributed by atoms with van der Waals surface area (Å²) in [6, 6.07) is 5.94. The smallest absolute Gasteiger partial charge is 0.335 e. The summed E-state index contributed by atoms with van der Waals surface area (Å²) in [5, 5.41) is 8.31. The van der Waals surface area contributed by atoms with E-state index in [4.69, 9.17) is 16.7 Å². The third-order valence-electron chi connectivity index (χ3n) is 2.67. The summed E-state index contributed by atoms with van der Waals surface area (Å²) in [4.78, 5) is 9.94. The number of carboxylic acids is 1. The van der Waals surface area contributed by atoms with Crippen LogP contribution in [0.3, 0.4) is 0 Å². The average Bonchev–Trinajstić information content (AvgIpc) is 2.43. The molecular formula is C13H8ClF2NO4S. The van der Waals surface area contributed by atoms with Gasteiger partial charge in [0.25, 0.3) is 10.0 Å². The van der Waals surface area contributed by atoms with Crippen LogP contribution in [0.2, 0.25) is 5.02 Å². The summed E-state index contributed by atoms with van der Waals surface area (Å²) in [5.74, 6) is -3.64. The van der Waals surface area contributed by atoms with Crippen LogP contribution in [0.1, 0.15) is 10.4 Å². The number of rotatable bonds is 4. The number of hydrogen-bond acceptors (Lipinski definition) is 3. The fraction of sp³-hybridized carbons (Fsp3) is 0. The number of benzene rings is 2. The zero-order chi connectivity index (χ0) is 16.5. The van der Waals surface area contributed by atoms with E-state index in [0.717, 1.165) is 24.3 Å². The molecule has 0 atom stereocenters. The predicted octanol–water partition coefficient (Wildman–Crippen LogP) is 3.12. The third-order valence-corrected chi connectivity index (χ3v) is 4.34. The van der Waals surface area contributed by atoms with Crippen molar-refractivity contribution in [1.29, 1.82) is 0 Å². The zero-order valence-electron chi connectivity index (χ0n) is 10.7. The largest absolute Gasteiger partial charge is 0.478 e. The molecule has 22 heavy (non-hydrogen) atoms. The number of sulfonamides is 1. The van der Waals surface area contributed by atoms with Gasteiger partial charge in [-0.2, -0.15) is 0 Å². The monoisotopic (exact) mass is 347 g/mol. The Morgan fingerprint density at radius 1 is 1.18 bits per heavy atom. The zero-order valence-corrected chi connectivity index (χ0v) is 12.3. The molecule has 0 unspecified atom stereocenters. The van der Waals surface area contributed by atoms with E-state index < -0.39 is 43.2 Å². The van der Waals surface area contributed by atoms with Crippen molar-refractivity contribution in [2.75, 3.05) is 4.72 Å². The fourth-order valence-corrected chi connectivity index (χ4v) is 3.02. The quantitative estimate of drug-likeness (QED) is 0.890. The molecule has 2 aromatic carbocycles. The van der Waals surface area contributed by atoms with Crippen molar-refractivity contribution in [2.45, 2.75) is 4.90 Å². The molecule has 2 N–H and O–H groups in total. The van der Waals surface area contributed by atoms with Crippen LogP contribution < -0.4 is 4.72 Å². The molecule has 0 fully saturated rings. The summed E-state index contributed by atoms with van der Waals surface area (Å²) in [6.07, 6.45) is 0. The van der Waals surface area contributed by atoms with Gasteiger partial charge in [-0.15, -0.1) is 0 Å². The Bertz CT molecular complexity index is 855. The van der Waals surface area contributed by atoms with E-state index in [1.807, 2.05) is 4.72 Å². The lowest BCUT2D eigenvalue weighted by molar-refractivity contribution is 0.0696. The second-order valence-corrected chi connectivity index (χ2v) is 6.22. The van der Waals surface area contributed by atoms with Crippen LogP contribution in [0.25, 0.3) is 0 Å². The number of anilines is 1. The molecule has 0 aliphatic carbocycles. The summed E-state index contributed by atoms with van der Waals surface area (Å²) in [7, 11) is -4.42. The minimum atomic E-state index is -4.42. The first-order valence-electron chi connectivity index (χ1n) is 5.72. The molecule has 0 aromatic heterocycles. The van der Waals surface area contributed by atoms with Crippen molar-refractivity contribution in [3.05, 3.63) is 58.6 Å². The second kappa shape index (κ2) is 5.90. The van der Waals surface area contributed by atoms with E-state index in [0.29, 0.717) is 6.07 Å². The first kappa shape index (κ1) is 16.2. The highest BCUT2D eigenvalue weighted by Gasteiger charge is 2.22. The molecule has 0 bridgehead atoms. The van der Waals surface area contributed by atoms with Crippen LogP contribution in [-0.2, 0) is 10.0 Å². The maximum absolute atomic E-state index is 13.7. The molecule has 116 valence electrons. The Balaban J connectivity index is 2.41. The summed E-state index contributed by atoms with van der Waals surface area (Å²) < 4.78 is 53.4. The van der Waals surface area contributed by atoms with Gasteiger partial charge in [0, 0.05) is 0 Å². The van der Waals surface area contributed by atoms with Crippen molar-refractivity contribution in [3.63, 3.8) is 0 Å². The van der Waals surface area contributed by atoms with Crippen molar-refractivity contribution in [1.82, 2.24) is 0 Å². The van der Waals surface area contributed by atoms with Crippen LogP contribution >= 0.6 is 11.6 Å². The molecule has 0 saturated carbocycles. The SMILES string of the molecule is O=C(O)c1ccc(NS(=O)(=O)c2cccc(Cl)c2F)c(F)c1. The molecule has 0 aliphatic rings. The Hall–Kier alpha value is -2.19. The Morgan fingerprint density at radius 3 is 2.45 bits per heavy atom. The van der Waals surface area contributed by atoms with E-state index in [-0.39, 0.29) is 5.56 Å². The number of halogens is 3. The molecule has 0 saturated heterocycles. The maximum atomic E-state index is 13.7. The molecular weight excluding hydrogens is 340 g/mol. The predicted molar refractivity (Wildman–Crippen MR) is 75.6 cm³/mol. The van der Waals surface area contributed by atoms with E-state index in [9.17, 15) is 22.0 Å². The summed E-state index contributed by atoms with van der Waals surface area (Å²) in [5.41, 5.74) is -0.862. The van der Waals surface area contributed by atoms with Gasteiger partial charge < -0.3 is 5.11 Å². The van der Waals surface area contributed by atoms with Crippen molar-refractivity contribution < 1.29 is 27.1 Å².